The molecule has 0 aliphatic carbocycles. The maximum atomic E-state index is 10.2. The third-order valence-corrected chi connectivity index (χ3v) is 0.447. The van der Waals surface area contributed by atoms with E-state index >= 15 is 0 Å². The summed E-state index contributed by atoms with van der Waals surface area (Å²) < 4.78 is 39.0. The smallest absolute Gasteiger partial charge is 0.144 e. The average molecular weight is 480 g/mol. The Kier molecular flexibility index (Phi) is 54.5. The number of nitroso groups, excluding NO2 is 1. The first-order valence-corrected chi connectivity index (χ1v) is 15.2. The first kappa shape index (κ1) is 46.1. The summed E-state index contributed by atoms with van der Waals surface area (Å²) in [5.41, 5.74) is 1.13. The monoisotopic (exact) mass is 479 g/mol. The van der Waals surface area contributed by atoms with E-state index in [1.165, 1.54) is 27.8 Å². The van der Waals surface area contributed by atoms with Crippen LogP contribution >= 0.6 is 7.14 Å². The Balaban J connectivity index is -0.0000000393. The minimum Gasteiger partial charge on any atom is -0.324 e. The molecule has 0 aromatic rings. The van der Waals surface area contributed by atoms with Crippen molar-refractivity contribution in [3.63, 3.8) is 0 Å². The van der Waals surface area contributed by atoms with Crippen LogP contribution in [0.15, 0.2) is 10.2 Å². The Morgan fingerprint density at radius 1 is 1.00 bits per heavy atom. The van der Waals surface area contributed by atoms with E-state index in [0.717, 1.165) is 18.2 Å². The number of nitrogens with zero attached hydrogens (tertiary/aromatic N) is 3. The number of sulfone groups is 1. The largest absolute Gasteiger partial charge is 0.324 e. The normalized spacial score (nSPS) is 8.07. The van der Waals surface area contributed by atoms with Crippen LogP contribution in [-0.2, 0) is 30.0 Å². The van der Waals surface area contributed by atoms with Gasteiger partial charge in [0, 0.05) is 55.5 Å². The van der Waals surface area contributed by atoms with Gasteiger partial charge < -0.3 is 9.36 Å². The van der Waals surface area contributed by atoms with Crippen LogP contribution in [0, 0.1) is 16.2 Å². The van der Waals surface area contributed by atoms with Crippen LogP contribution in [0.2, 0.25) is 0 Å². The zero-order chi connectivity index (χ0) is 25.9. The highest BCUT2D eigenvalue weighted by molar-refractivity contribution is 7.89. The predicted octanol–water partition coefficient (Wildman–Crippen LogP) is 3.50. The highest BCUT2D eigenvalue weighted by atomic mass is 32.2. The van der Waals surface area contributed by atoms with E-state index in [1.54, 1.807) is 45.6 Å². The molecule has 0 bridgehead atoms. The molecule has 0 amide bonds. The van der Waals surface area contributed by atoms with Gasteiger partial charge in [-0.3, -0.25) is 9.20 Å². The molecule has 9 nitrogen and oxygen atoms in total. The summed E-state index contributed by atoms with van der Waals surface area (Å²) in [4.78, 5) is 21.8. The summed E-state index contributed by atoms with van der Waals surface area (Å²) in [6.45, 7) is 13.7. The fraction of sp³-hybridized carbons (Fsp3) is 0.824. The summed E-state index contributed by atoms with van der Waals surface area (Å²) in [5, 5.41) is 9.57. The molecule has 0 aromatic heterocycles. The molecular weight excluding hydrogens is 437 g/mol. The lowest BCUT2D eigenvalue weighted by Gasteiger charge is -1.86. The second-order valence-electron chi connectivity index (χ2n) is 6.26. The van der Waals surface area contributed by atoms with Crippen molar-refractivity contribution < 1.29 is 22.0 Å². The van der Waals surface area contributed by atoms with Gasteiger partial charge in [0.15, 0.2) is 0 Å². The fourth-order valence-electron chi connectivity index (χ4n) is 0. The van der Waals surface area contributed by atoms with Crippen LogP contribution in [0.25, 0.3) is 0 Å². The van der Waals surface area contributed by atoms with Gasteiger partial charge in [-0.25, -0.2) is 8.42 Å². The summed E-state index contributed by atoms with van der Waals surface area (Å²) in [6, 6.07) is 1.75. The number of ketones is 1. The first-order chi connectivity index (χ1) is 12.6. The Hall–Kier alpha value is -1.24. The number of carbonyl (C=O) groups excluding carboxylic acids is 1. The number of hydrogen-bond donors (Lipinski definition) is 0. The molecule has 0 saturated carbocycles. The Morgan fingerprint density at radius 2 is 1.03 bits per heavy atom. The number of nitriles is 1. The molecule has 0 spiro atoms. The molecule has 0 unspecified atom stereocenters. The van der Waals surface area contributed by atoms with Crippen LogP contribution in [0.3, 0.4) is 0 Å². The summed E-state index contributed by atoms with van der Waals surface area (Å²) >= 11 is 0. The van der Waals surface area contributed by atoms with Gasteiger partial charge >= 0.3 is 0 Å². The topological polar surface area (TPSA) is 151 Å². The van der Waals surface area contributed by atoms with Crippen molar-refractivity contribution in [2.75, 3.05) is 59.1 Å². The second kappa shape index (κ2) is 34.3. The SMILES string of the molecule is CC#N.CC(C)=O.CN=C(C)C.CN=O.CP(C)(C)=O.CS(C)(=O)=O.CS(C)=O. The molecule has 29 heavy (non-hydrogen) atoms. The van der Waals surface area contributed by atoms with Gasteiger partial charge in [0.25, 0.3) is 0 Å². The number of rotatable bonds is 0. The molecular formula is C17H42N3O6PS2. The van der Waals surface area contributed by atoms with E-state index in [-0.39, 0.29) is 5.78 Å². The average Bonchev–Trinajstić information content (AvgIpc) is 2.34. The molecule has 0 atom stereocenters. The van der Waals surface area contributed by atoms with Crippen LogP contribution in [-0.4, -0.2) is 83.2 Å². The standard InChI is InChI=1S/C4H9N.C3H9OP.C3H6O.C2H3N.C2H6O2S.C2H6OS.CH3NO/c1-4(2)5-3;1-5(2,3)4;1-3(2)4;1-2-3;1-5(2,3)4;1-4(2)3;1-2-3/h2*1-3H3;1-2H3;1H3;1-2H3;1-2H3;1H3. The Bertz CT molecular complexity index is 567. The van der Waals surface area contributed by atoms with Gasteiger partial charge in [0.1, 0.15) is 15.6 Å². The lowest BCUT2D eigenvalue weighted by atomic mass is 10.5. The minimum atomic E-state index is -2.67. The van der Waals surface area contributed by atoms with Crippen LogP contribution in [0.1, 0.15) is 34.6 Å². The van der Waals surface area contributed by atoms with Crippen molar-refractivity contribution >= 4 is 39.3 Å². The van der Waals surface area contributed by atoms with Gasteiger partial charge in [-0.2, -0.15) is 10.2 Å². The van der Waals surface area contributed by atoms with Crippen LogP contribution in [0.5, 0.6) is 0 Å². The number of hydrogen-bond acceptors (Lipinski definition) is 9. The number of carbonyl (C=O) groups is 1. The summed E-state index contributed by atoms with van der Waals surface area (Å²) in [6.07, 6.45) is 5.60. The first-order valence-electron chi connectivity index (χ1n) is 7.89. The van der Waals surface area contributed by atoms with Crippen molar-refractivity contribution in [2.24, 2.45) is 10.2 Å². The van der Waals surface area contributed by atoms with Crippen molar-refractivity contribution in [3.05, 3.63) is 4.91 Å². The molecule has 0 rings (SSSR count). The van der Waals surface area contributed by atoms with Gasteiger partial charge in [-0.1, -0.05) is 5.18 Å². The van der Waals surface area contributed by atoms with Gasteiger partial charge in [0.05, 0.1) is 20.3 Å². The zero-order valence-corrected chi connectivity index (χ0v) is 23.1. The van der Waals surface area contributed by atoms with E-state index in [0.29, 0.717) is 0 Å². The third kappa shape index (κ3) is 28400. The maximum Gasteiger partial charge on any atom is 0.144 e. The summed E-state index contributed by atoms with van der Waals surface area (Å²) in [7, 11) is -1.94. The van der Waals surface area contributed by atoms with Gasteiger partial charge in [0.2, 0.25) is 0 Å². The van der Waals surface area contributed by atoms with Gasteiger partial charge in [-0.15, -0.1) is 0 Å². The molecule has 12 heteroatoms. The van der Waals surface area contributed by atoms with Crippen LogP contribution in [0.4, 0.5) is 0 Å². The van der Waals surface area contributed by atoms with Crippen molar-refractivity contribution in [3.8, 4) is 6.07 Å². The Labute approximate surface area is 181 Å². The molecule has 0 fully saturated rings. The van der Waals surface area contributed by atoms with Crippen molar-refractivity contribution in [1.29, 1.82) is 5.26 Å². The molecule has 0 aliphatic rings. The van der Waals surface area contributed by atoms with E-state index < -0.39 is 27.8 Å². The van der Waals surface area contributed by atoms with E-state index in [9.17, 15) is 22.0 Å². The van der Waals surface area contributed by atoms with E-state index in [4.69, 9.17) is 10.2 Å². The molecule has 0 aromatic carbocycles. The molecule has 0 saturated heterocycles. The maximum absolute atomic E-state index is 10.2. The predicted molar refractivity (Wildman–Crippen MR) is 130 cm³/mol. The van der Waals surface area contributed by atoms with Crippen molar-refractivity contribution in [2.45, 2.75) is 34.6 Å². The minimum absolute atomic E-state index is 0.167. The van der Waals surface area contributed by atoms with E-state index in [1.807, 2.05) is 13.8 Å². The zero-order valence-electron chi connectivity index (χ0n) is 20.6. The quantitative estimate of drug-likeness (QED) is 0.293. The van der Waals surface area contributed by atoms with E-state index in [2.05, 4.69) is 10.2 Å². The molecule has 0 heterocycles. The highest BCUT2D eigenvalue weighted by Crippen LogP contribution is 2.28. The lowest BCUT2D eigenvalue weighted by Crippen LogP contribution is -1.86. The molecule has 178 valence electrons. The molecule has 0 radical (unpaired) electrons. The number of aliphatic imine (C=N–C) groups is 1. The fourth-order valence-corrected chi connectivity index (χ4v) is 0. The molecule has 0 N–H and O–H groups in total. The Morgan fingerprint density at radius 3 is 1.03 bits per heavy atom. The van der Waals surface area contributed by atoms with Crippen molar-refractivity contribution in [1.82, 2.24) is 0 Å². The third-order valence-electron chi connectivity index (χ3n) is 0.447. The summed E-state index contributed by atoms with van der Waals surface area (Å²) in [5.74, 6) is 0.167. The lowest BCUT2D eigenvalue weighted by molar-refractivity contribution is -0.115. The number of Topliss-reactive ketones (excluding diaryl/α,β-unsaturated/α-hetero) is 1. The second-order valence-corrected chi connectivity index (χ2v) is 13.8. The highest BCUT2D eigenvalue weighted by Gasteiger charge is 1.89. The van der Waals surface area contributed by atoms with Gasteiger partial charge in [-0.05, 0) is 47.7 Å². The van der Waals surface area contributed by atoms with Crippen LogP contribution < -0.4 is 0 Å². The molecule has 0 aliphatic heterocycles.